The van der Waals surface area contributed by atoms with Gasteiger partial charge in [0, 0.05) is 43.9 Å². The normalized spacial score (nSPS) is 19.3. The van der Waals surface area contributed by atoms with E-state index in [0.717, 1.165) is 44.4 Å². The number of carbonyl (C=O) groups excluding carboxylic acids is 3. The van der Waals surface area contributed by atoms with E-state index in [1.807, 2.05) is 0 Å². The number of ketones is 1. The molecule has 1 aliphatic carbocycles. The highest BCUT2D eigenvalue weighted by Gasteiger charge is 2.41. The number of phosphoric ester groups is 1. The molecular formula is C47H87O12P. The molecule has 1 saturated carbocycles. The molecular weight excluding hydrogens is 787 g/mol. The van der Waals surface area contributed by atoms with Gasteiger partial charge in [-0.3, -0.25) is 18.9 Å². The zero-order valence-corrected chi connectivity index (χ0v) is 38.8. The van der Waals surface area contributed by atoms with Crippen molar-refractivity contribution >= 4 is 25.5 Å². The lowest BCUT2D eigenvalue weighted by Crippen LogP contribution is -2.29. The van der Waals surface area contributed by atoms with E-state index in [2.05, 4.69) is 25.3 Å². The van der Waals surface area contributed by atoms with Crippen molar-refractivity contribution in [2.24, 2.45) is 17.8 Å². The van der Waals surface area contributed by atoms with E-state index >= 15 is 0 Å². The average Bonchev–Trinajstić information content (AvgIpc) is 3.45. The van der Waals surface area contributed by atoms with Gasteiger partial charge in [-0.25, -0.2) is 4.57 Å². The summed E-state index contributed by atoms with van der Waals surface area (Å²) in [6.45, 7) is 5.64. The topological polar surface area (TPSA) is 197 Å². The van der Waals surface area contributed by atoms with Crippen LogP contribution in [0.15, 0.2) is 12.2 Å². The predicted octanol–water partition coefficient (Wildman–Crippen LogP) is 10.4. The molecule has 0 aromatic heterocycles. The van der Waals surface area contributed by atoms with Gasteiger partial charge in [0.25, 0.3) is 0 Å². The third-order valence-corrected chi connectivity index (χ3v) is 12.2. The molecule has 0 aromatic carbocycles. The lowest BCUT2D eigenvalue weighted by Gasteiger charge is -2.20. The number of phosphoric acid groups is 1. The fourth-order valence-corrected chi connectivity index (χ4v) is 8.39. The molecule has 13 heteroatoms. The number of aliphatic hydroxyl groups is 3. The van der Waals surface area contributed by atoms with Crippen LogP contribution in [0.5, 0.6) is 0 Å². The third kappa shape index (κ3) is 32.1. The van der Waals surface area contributed by atoms with Crippen LogP contribution in [0.25, 0.3) is 0 Å². The summed E-state index contributed by atoms with van der Waals surface area (Å²) in [4.78, 5) is 56.0. The van der Waals surface area contributed by atoms with Crippen LogP contribution >= 0.6 is 7.82 Å². The number of ether oxygens (including phenoxy) is 2. The molecule has 6 atom stereocenters. The Morgan fingerprint density at radius 3 is 1.67 bits per heavy atom. The minimum atomic E-state index is -4.86. The second-order valence-electron chi connectivity index (χ2n) is 17.9. The third-order valence-electron chi connectivity index (χ3n) is 11.7. The molecule has 0 radical (unpaired) electrons. The number of hydrogen-bond acceptors (Lipinski definition) is 10. The molecule has 0 spiro atoms. The first-order chi connectivity index (χ1) is 28.7. The van der Waals surface area contributed by atoms with Gasteiger partial charge < -0.3 is 34.6 Å². The first-order valence-corrected chi connectivity index (χ1v) is 25.5. The fraction of sp³-hybridized carbons (Fsp3) is 0.894. The first-order valence-electron chi connectivity index (χ1n) is 24.0. The molecule has 352 valence electrons. The standard InChI is InChI=1S/C47H87O12P/c1-4-5-22-28-39(48)32-33-42-43(45(51)35-44(42)50)34-40(49)29-25-26-31-47(53)59-41(37-58-60(54,55)56)36-57-46(52)30-24-21-19-17-15-13-11-9-7-6-8-10-12-14-16-18-20-23-27-38(2)3/h32-33,38-39,41-45,48,50-51H,4-31,34-37H2,1-3H3,(H2,54,55,56)/b33-32+/t39-,41+,42+,43+,44+,45-/m0/s1. The summed E-state index contributed by atoms with van der Waals surface area (Å²) >= 11 is 0. The number of aliphatic hydroxyl groups excluding tert-OH is 3. The maximum absolute atomic E-state index is 12.8. The van der Waals surface area contributed by atoms with Gasteiger partial charge in [0.15, 0.2) is 6.10 Å². The van der Waals surface area contributed by atoms with Crippen molar-refractivity contribution in [3.63, 3.8) is 0 Å². The van der Waals surface area contributed by atoms with Gasteiger partial charge in [-0.2, -0.15) is 0 Å². The largest absolute Gasteiger partial charge is 0.469 e. The maximum Gasteiger partial charge on any atom is 0.469 e. The molecule has 1 rings (SSSR count). The van der Waals surface area contributed by atoms with Gasteiger partial charge in [0.1, 0.15) is 12.4 Å². The molecule has 1 aliphatic rings. The van der Waals surface area contributed by atoms with Crippen molar-refractivity contribution in [1.82, 2.24) is 0 Å². The van der Waals surface area contributed by atoms with Crippen LogP contribution in [0.2, 0.25) is 0 Å². The summed E-state index contributed by atoms with van der Waals surface area (Å²) in [5.41, 5.74) is 0. The minimum absolute atomic E-state index is 0.0655. The Bertz CT molecular complexity index is 1170. The number of Topliss-reactive ketones (excluding diaryl/α,β-unsaturated/α-hetero) is 1. The lowest BCUT2D eigenvalue weighted by atomic mass is 9.87. The summed E-state index contributed by atoms with van der Waals surface area (Å²) in [5, 5.41) is 31.2. The highest BCUT2D eigenvalue weighted by atomic mass is 31.2. The first kappa shape index (κ1) is 56.4. The smallest absolute Gasteiger partial charge is 0.462 e. The molecule has 1 fully saturated rings. The van der Waals surface area contributed by atoms with Gasteiger partial charge in [-0.1, -0.05) is 168 Å². The average molecular weight is 875 g/mol. The van der Waals surface area contributed by atoms with Crippen molar-refractivity contribution < 1.29 is 58.1 Å². The van der Waals surface area contributed by atoms with Crippen LogP contribution in [0.4, 0.5) is 0 Å². The minimum Gasteiger partial charge on any atom is -0.462 e. The quantitative estimate of drug-likeness (QED) is 0.0169. The second-order valence-corrected chi connectivity index (χ2v) is 19.1. The van der Waals surface area contributed by atoms with E-state index in [1.165, 1.54) is 96.3 Å². The van der Waals surface area contributed by atoms with Crippen LogP contribution in [0.1, 0.15) is 213 Å². The lowest BCUT2D eigenvalue weighted by molar-refractivity contribution is -0.161. The van der Waals surface area contributed by atoms with Gasteiger partial charge >= 0.3 is 19.8 Å². The zero-order valence-electron chi connectivity index (χ0n) is 37.9. The maximum atomic E-state index is 12.8. The molecule has 0 aromatic rings. The van der Waals surface area contributed by atoms with Crippen LogP contribution in [-0.2, 0) is 32.9 Å². The van der Waals surface area contributed by atoms with Crippen LogP contribution in [0, 0.1) is 17.8 Å². The van der Waals surface area contributed by atoms with Gasteiger partial charge in [-0.15, -0.1) is 0 Å². The Labute approximate surface area is 363 Å². The summed E-state index contributed by atoms with van der Waals surface area (Å²) < 4.78 is 26.4. The molecule has 5 N–H and O–H groups in total. The van der Waals surface area contributed by atoms with Gasteiger partial charge in [0.05, 0.1) is 24.9 Å². The van der Waals surface area contributed by atoms with E-state index in [1.54, 1.807) is 12.2 Å². The number of esters is 2. The summed E-state index contributed by atoms with van der Waals surface area (Å²) in [5.74, 6) is -1.35. The summed E-state index contributed by atoms with van der Waals surface area (Å²) in [6.07, 6.45) is 28.5. The summed E-state index contributed by atoms with van der Waals surface area (Å²) in [6, 6.07) is 0. The van der Waals surface area contributed by atoms with Crippen molar-refractivity contribution in [2.45, 2.75) is 238 Å². The van der Waals surface area contributed by atoms with Crippen LogP contribution in [-0.4, -0.2) is 80.5 Å². The van der Waals surface area contributed by atoms with Gasteiger partial charge in [0.2, 0.25) is 0 Å². The van der Waals surface area contributed by atoms with Gasteiger partial charge in [-0.05, 0) is 31.6 Å². The Morgan fingerprint density at radius 1 is 0.650 bits per heavy atom. The Balaban J connectivity index is 2.21. The Morgan fingerprint density at radius 2 is 1.13 bits per heavy atom. The highest BCUT2D eigenvalue weighted by molar-refractivity contribution is 7.46. The monoisotopic (exact) mass is 875 g/mol. The van der Waals surface area contributed by atoms with E-state index in [4.69, 9.17) is 19.3 Å². The Kier molecular flexibility index (Phi) is 33.6. The van der Waals surface area contributed by atoms with Crippen LogP contribution in [0.3, 0.4) is 0 Å². The second kappa shape index (κ2) is 35.8. The molecule has 60 heavy (non-hydrogen) atoms. The van der Waals surface area contributed by atoms with E-state index in [0.29, 0.717) is 25.7 Å². The molecule has 0 heterocycles. The number of unbranched alkanes of at least 4 members (excludes halogenated alkanes) is 20. The van der Waals surface area contributed by atoms with Crippen molar-refractivity contribution in [3.05, 3.63) is 12.2 Å². The number of rotatable bonds is 40. The highest BCUT2D eigenvalue weighted by Crippen LogP contribution is 2.37. The SMILES string of the molecule is CCCCC[C@H](O)/C=C/[C@@H]1[C@@H](CC(=O)CCCCC(=O)O[C@H](COC(=O)CCCCCCCCCCCCCCCCCCCCC(C)C)COP(=O)(O)O)[C@@H](O)C[C@H]1O. The summed E-state index contributed by atoms with van der Waals surface area (Å²) in [7, 11) is -4.86. The zero-order chi connectivity index (χ0) is 44.4. The van der Waals surface area contributed by atoms with Crippen LogP contribution < -0.4 is 0 Å². The molecule has 12 nitrogen and oxygen atoms in total. The van der Waals surface area contributed by atoms with E-state index in [9.17, 15) is 34.3 Å². The number of carbonyl (C=O) groups is 3. The molecule has 0 saturated heterocycles. The fourth-order valence-electron chi connectivity index (χ4n) is 8.03. The molecule has 0 bridgehead atoms. The molecule has 0 amide bonds. The predicted molar refractivity (Wildman–Crippen MR) is 237 cm³/mol. The Hall–Kier alpha value is -1.66. The van der Waals surface area contributed by atoms with E-state index < -0.39 is 69.2 Å². The molecule has 0 unspecified atom stereocenters. The van der Waals surface area contributed by atoms with Crippen molar-refractivity contribution in [3.8, 4) is 0 Å². The molecule has 0 aliphatic heterocycles. The van der Waals surface area contributed by atoms with Crippen molar-refractivity contribution in [1.29, 1.82) is 0 Å². The van der Waals surface area contributed by atoms with Crippen molar-refractivity contribution in [2.75, 3.05) is 13.2 Å². The number of hydrogen-bond donors (Lipinski definition) is 5. The van der Waals surface area contributed by atoms with E-state index in [-0.39, 0.29) is 37.9 Å².